The van der Waals surface area contributed by atoms with E-state index >= 15 is 0 Å². The van der Waals surface area contributed by atoms with Gasteiger partial charge in [0.2, 0.25) is 0 Å². The van der Waals surface area contributed by atoms with Crippen LogP contribution in [0.25, 0.3) is 0 Å². The van der Waals surface area contributed by atoms with Gasteiger partial charge < -0.3 is 5.11 Å². The standard InChI is InChI=1S/C14H19NO2/c1-11-4-6-12(7-5-11)9-15-8-2-3-13(10-15)14(16)17/h4-7,13H,2-3,8-10H2,1H3,(H,16,17). The Kier molecular flexibility index (Phi) is 3.79. The lowest BCUT2D eigenvalue weighted by atomic mass is 9.98. The molecule has 17 heavy (non-hydrogen) atoms. The molecule has 2 rings (SSSR count). The monoisotopic (exact) mass is 233 g/mol. The Morgan fingerprint density at radius 3 is 2.76 bits per heavy atom. The van der Waals surface area contributed by atoms with E-state index in [0.717, 1.165) is 25.9 Å². The van der Waals surface area contributed by atoms with Crippen molar-refractivity contribution in [1.29, 1.82) is 0 Å². The van der Waals surface area contributed by atoms with Gasteiger partial charge in [0.1, 0.15) is 0 Å². The maximum Gasteiger partial charge on any atom is 0.307 e. The molecule has 1 fully saturated rings. The summed E-state index contributed by atoms with van der Waals surface area (Å²) in [6, 6.07) is 8.46. The van der Waals surface area contributed by atoms with Crippen LogP contribution in [0.5, 0.6) is 0 Å². The van der Waals surface area contributed by atoms with Crippen molar-refractivity contribution in [1.82, 2.24) is 4.90 Å². The fourth-order valence-corrected chi connectivity index (χ4v) is 2.35. The number of hydrogen-bond donors (Lipinski definition) is 1. The van der Waals surface area contributed by atoms with Gasteiger partial charge in [-0.05, 0) is 31.9 Å². The molecule has 0 aliphatic carbocycles. The molecule has 0 bridgehead atoms. The molecular formula is C14H19NO2. The average Bonchev–Trinajstić information content (AvgIpc) is 2.32. The lowest BCUT2D eigenvalue weighted by Crippen LogP contribution is -2.38. The number of carboxylic acid groups (broad SMARTS) is 1. The lowest BCUT2D eigenvalue weighted by molar-refractivity contribution is -0.143. The molecule has 1 aliphatic rings. The van der Waals surface area contributed by atoms with E-state index in [0.29, 0.717) is 6.54 Å². The Labute approximate surface area is 102 Å². The predicted molar refractivity (Wildman–Crippen MR) is 66.8 cm³/mol. The van der Waals surface area contributed by atoms with Crippen LogP contribution in [0, 0.1) is 12.8 Å². The minimum Gasteiger partial charge on any atom is -0.481 e. The molecule has 1 atom stereocenters. The molecule has 1 aromatic rings. The summed E-state index contributed by atoms with van der Waals surface area (Å²) >= 11 is 0. The highest BCUT2D eigenvalue weighted by molar-refractivity contribution is 5.70. The van der Waals surface area contributed by atoms with Gasteiger partial charge in [0.15, 0.2) is 0 Å². The average molecular weight is 233 g/mol. The number of aryl methyl sites for hydroxylation is 1. The van der Waals surface area contributed by atoms with Crippen LogP contribution in [0.4, 0.5) is 0 Å². The van der Waals surface area contributed by atoms with Gasteiger partial charge in [0.05, 0.1) is 5.92 Å². The molecule has 92 valence electrons. The van der Waals surface area contributed by atoms with Crippen molar-refractivity contribution in [3.63, 3.8) is 0 Å². The third kappa shape index (κ3) is 3.30. The smallest absolute Gasteiger partial charge is 0.307 e. The number of hydrogen-bond acceptors (Lipinski definition) is 2. The van der Waals surface area contributed by atoms with E-state index < -0.39 is 5.97 Å². The second kappa shape index (κ2) is 5.32. The summed E-state index contributed by atoms with van der Waals surface area (Å²) in [5.41, 5.74) is 2.53. The van der Waals surface area contributed by atoms with Crippen LogP contribution in [0.15, 0.2) is 24.3 Å². The highest BCUT2D eigenvalue weighted by Gasteiger charge is 2.24. The SMILES string of the molecule is Cc1ccc(CN2CCCC(C(=O)O)C2)cc1. The van der Waals surface area contributed by atoms with Gasteiger partial charge in [-0.15, -0.1) is 0 Å². The molecule has 1 heterocycles. The first-order valence-electron chi connectivity index (χ1n) is 6.16. The number of rotatable bonds is 3. The summed E-state index contributed by atoms with van der Waals surface area (Å²) in [7, 11) is 0. The molecule has 0 radical (unpaired) electrons. The van der Waals surface area contributed by atoms with Gasteiger partial charge in [0.25, 0.3) is 0 Å². The zero-order valence-corrected chi connectivity index (χ0v) is 10.2. The summed E-state index contributed by atoms with van der Waals surface area (Å²) in [6.07, 6.45) is 1.81. The van der Waals surface area contributed by atoms with Gasteiger partial charge in [0, 0.05) is 13.1 Å². The van der Waals surface area contributed by atoms with Crippen molar-refractivity contribution in [2.24, 2.45) is 5.92 Å². The molecule has 1 saturated heterocycles. The fourth-order valence-electron chi connectivity index (χ4n) is 2.35. The first kappa shape index (κ1) is 12.1. The minimum absolute atomic E-state index is 0.186. The first-order valence-corrected chi connectivity index (χ1v) is 6.16. The Bertz CT molecular complexity index is 386. The molecular weight excluding hydrogens is 214 g/mol. The van der Waals surface area contributed by atoms with E-state index in [-0.39, 0.29) is 5.92 Å². The number of piperidine rings is 1. The van der Waals surface area contributed by atoms with E-state index in [1.165, 1.54) is 11.1 Å². The van der Waals surface area contributed by atoms with Gasteiger partial charge in [-0.2, -0.15) is 0 Å². The van der Waals surface area contributed by atoms with Crippen molar-refractivity contribution in [3.05, 3.63) is 35.4 Å². The Balaban J connectivity index is 1.94. The maximum atomic E-state index is 11.0. The van der Waals surface area contributed by atoms with Crippen LogP contribution in [0.3, 0.4) is 0 Å². The molecule has 1 unspecified atom stereocenters. The highest BCUT2D eigenvalue weighted by Crippen LogP contribution is 2.18. The van der Waals surface area contributed by atoms with Crippen molar-refractivity contribution in [2.75, 3.05) is 13.1 Å². The number of nitrogens with zero attached hydrogens (tertiary/aromatic N) is 1. The quantitative estimate of drug-likeness (QED) is 0.870. The van der Waals surface area contributed by atoms with Gasteiger partial charge in [-0.1, -0.05) is 29.8 Å². The number of carbonyl (C=O) groups is 1. The summed E-state index contributed by atoms with van der Waals surface area (Å²) in [5, 5.41) is 9.03. The number of carboxylic acids is 1. The largest absolute Gasteiger partial charge is 0.481 e. The van der Waals surface area contributed by atoms with Crippen molar-refractivity contribution < 1.29 is 9.90 Å². The molecule has 0 spiro atoms. The zero-order chi connectivity index (χ0) is 12.3. The molecule has 3 nitrogen and oxygen atoms in total. The molecule has 0 saturated carbocycles. The number of aliphatic carboxylic acids is 1. The van der Waals surface area contributed by atoms with Crippen LogP contribution < -0.4 is 0 Å². The van der Waals surface area contributed by atoms with E-state index in [4.69, 9.17) is 5.11 Å². The van der Waals surface area contributed by atoms with Crippen LogP contribution >= 0.6 is 0 Å². The number of benzene rings is 1. The van der Waals surface area contributed by atoms with Crippen molar-refractivity contribution in [3.8, 4) is 0 Å². The fraction of sp³-hybridized carbons (Fsp3) is 0.500. The summed E-state index contributed by atoms with van der Waals surface area (Å²) in [4.78, 5) is 13.2. The highest BCUT2D eigenvalue weighted by atomic mass is 16.4. The van der Waals surface area contributed by atoms with E-state index in [1.54, 1.807) is 0 Å². The normalized spacial score (nSPS) is 21.4. The molecule has 3 heteroatoms. The van der Waals surface area contributed by atoms with Crippen LogP contribution in [0.2, 0.25) is 0 Å². The molecule has 0 amide bonds. The maximum absolute atomic E-state index is 11.0. The Morgan fingerprint density at radius 1 is 1.41 bits per heavy atom. The Hall–Kier alpha value is -1.35. The van der Waals surface area contributed by atoms with Gasteiger partial charge in [-0.3, -0.25) is 9.69 Å². The van der Waals surface area contributed by atoms with Crippen LogP contribution in [0.1, 0.15) is 24.0 Å². The van der Waals surface area contributed by atoms with E-state index in [1.807, 2.05) is 0 Å². The minimum atomic E-state index is -0.654. The van der Waals surface area contributed by atoms with Crippen LogP contribution in [-0.4, -0.2) is 29.1 Å². The third-order valence-electron chi connectivity index (χ3n) is 3.38. The van der Waals surface area contributed by atoms with E-state index in [2.05, 4.69) is 36.1 Å². The third-order valence-corrected chi connectivity index (χ3v) is 3.38. The van der Waals surface area contributed by atoms with E-state index in [9.17, 15) is 4.79 Å². The topological polar surface area (TPSA) is 40.5 Å². The molecule has 1 aliphatic heterocycles. The zero-order valence-electron chi connectivity index (χ0n) is 10.2. The molecule has 1 aromatic carbocycles. The van der Waals surface area contributed by atoms with Crippen molar-refractivity contribution in [2.45, 2.75) is 26.3 Å². The number of likely N-dealkylation sites (tertiary alicyclic amines) is 1. The Morgan fingerprint density at radius 2 is 2.12 bits per heavy atom. The molecule has 1 N–H and O–H groups in total. The summed E-state index contributed by atoms with van der Waals surface area (Å²) in [6.45, 7) is 4.63. The summed E-state index contributed by atoms with van der Waals surface area (Å²) in [5.74, 6) is -0.840. The second-order valence-electron chi connectivity index (χ2n) is 4.90. The summed E-state index contributed by atoms with van der Waals surface area (Å²) < 4.78 is 0. The van der Waals surface area contributed by atoms with Gasteiger partial charge in [-0.25, -0.2) is 0 Å². The first-order chi connectivity index (χ1) is 8.15. The van der Waals surface area contributed by atoms with Gasteiger partial charge >= 0.3 is 5.97 Å². The predicted octanol–water partition coefficient (Wildman–Crippen LogP) is 2.29. The lowest BCUT2D eigenvalue weighted by Gasteiger charge is -2.30. The second-order valence-corrected chi connectivity index (χ2v) is 4.90. The van der Waals surface area contributed by atoms with Crippen molar-refractivity contribution >= 4 is 5.97 Å². The van der Waals surface area contributed by atoms with Crippen LogP contribution in [-0.2, 0) is 11.3 Å². The molecule has 0 aromatic heterocycles.